The summed E-state index contributed by atoms with van der Waals surface area (Å²) >= 11 is 0. The average molecular weight is 271 g/mol. The second-order valence-electron chi connectivity index (χ2n) is 4.74. The van der Waals surface area contributed by atoms with Gasteiger partial charge in [-0.25, -0.2) is 0 Å². The number of amides is 1. The van der Waals surface area contributed by atoms with Crippen molar-refractivity contribution in [2.24, 2.45) is 0 Å². The number of para-hydroxylation sites is 1. The van der Waals surface area contributed by atoms with Gasteiger partial charge in [0.2, 0.25) is 5.91 Å². The van der Waals surface area contributed by atoms with E-state index in [0.717, 1.165) is 16.8 Å². The van der Waals surface area contributed by atoms with E-state index in [1.165, 1.54) is 22.9 Å². The first-order valence-electron chi connectivity index (χ1n) is 6.29. The van der Waals surface area contributed by atoms with Gasteiger partial charge >= 0.3 is 0 Å². The number of nitrogens with one attached hydrogen (secondary N) is 1. The number of hydrogen-bond acceptors (Lipinski definition) is 3. The van der Waals surface area contributed by atoms with Crippen LogP contribution in [0.5, 0.6) is 0 Å². The molecule has 1 aromatic heterocycles. The SMILES string of the molecule is Cc1cccc(C)c1NC(=O)Cn1cc(N)ccc1=O. The number of aryl methyl sites for hydroxylation is 2. The first kappa shape index (κ1) is 13.9. The minimum atomic E-state index is -0.255. The van der Waals surface area contributed by atoms with Crippen LogP contribution in [0.1, 0.15) is 11.1 Å². The third-order valence-electron chi connectivity index (χ3n) is 3.07. The molecule has 1 heterocycles. The molecule has 2 aromatic rings. The second kappa shape index (κ2) is 5.61. The summed E-state index contributed by atoms with van der Waals surface area (Å²) in [5.41, 5.74) is 8.56. The van der Waals surface area contributed by atoms with Crippen LogP contribution in [0.2, 0.25) is 0 Å². The highest BCUT2D eigenvalue weighted by atomic mass is 16.2. The Bertz CT molecular complexity index is 684. The Kier molecular flexibility index (Phi) is 3.89. The van der Waals surface area contributed by atoms with Gasteiger partial charge in [-0.1, -0.05) is 18.2 Å². The van der Waals surface area contributed by atoms with Crippen molar-refractivity contribution in [1.29, 1.82) is 0 Å². The van der Waals surface area contributed by atoms with E-state index in [9.17, 15) is 9.59 Å². The van der Waals surface area contributed by atoms with Gasteiger partial charge < -0.3 is 15.6 Å². The third-order valence-corrected chi connectivity index (χ3v) is 3.07. The minimum absolute atomic E-state index is 0.0579. The number of hydrogen-bond donors (Lipinski definition) is 2. The molecular formula is C15H17N3O2. The van der Waals surface area contributed by atoms with E-state index in [2.05, 4.69) is 5.32 Å². The van der Waals surface area contributed by atoms with Gasteiger partial charge in [-0.3, -0.25) is 9.59 Å². The zero-order valence-electron chi connectivity index (χ0n) is 11.5. The molecule has 20 heavy (non-hydrogen) atoms. The van der Waals surface area contributed by atoms with E-state index in [1.54, 1.807) is 0 Å². The molecule has 0 radical (unpaired) electrons. The van der Waals surface area contributed by atoms with E-state index in [1.807, 2.05) is 32.0 Å². The molecule has 0 unspecified atom stereocenters. The first-order chi connectivity index (χ1) is 9.47. The fraction of sp³-hybridized carbons (Fsp3) is 0.200. The zero-order valence-corrected chi connectivity index (χ0v) is 11.5. The van der Waals surface area contributed by atoms with Gasteiger partial charge in [0, 0.05) is 23.6 Å². The second-order valence-corrected chi connectivity index (χ2v) is 4.74. The van der Waals surface area contributed by atoms with E-state index >= 15 is 0 Å². The number of carbonyl (C=O) groups excluding carboxylic acids is 1. The summed E-state index contributed by atoms with van der Waals surface area (Å²) in [6.07, 6.45) is 1.46. The molecule has 0 bridgehead atoms. The monoisotopic (exact) mass is 271 g/mol. The predicted octanol–water partition coefficient (Wildman–Crippen LogP) is 1.69. The highest BCUT2D eigenvalue weighted by molar-refractivity contribution is 5.92. The summed E-state index contributed by atoms with van der Waals surface area (Å²) in [5.74, 6) is -0.255. The topological polar surface area (TPSA) is 77.1 Å². The normalized spacial score (nSPS) is 10.3. The molecule has 0 aliphatic carbocycles. The van der Waals surface area contributed by atoms with Gasteiger partial charge in [0.15, 0.2) is 0 Å². The molecular weight excluding hydrogens is 254 g/mol. The van der Waals surface area contributed by atoms with Crippen LogP contribution < -0.4 is 16.6 Å². The summed E-state index contributed by atoms with van der Waals surface area (Å²) in [4.78, 5) is 23.7. The predicted molar refractivity (Wildman–Crippen MR) is 79.7 cm³/mol. The Labute approximate surface area is 117 Å². The largest absolute Gasteiger partial charge is 0.398 e. The van der Waals surface area contributed by atoms with Crippen LogP contribution >= 0.6 is 0 Å². The average Bonchev–Trinajstić information content (AvgIpc) is 2.38. The number of aromatic nitrogens is 1. The van der Waals surface area contributed by atoms with Gasteiger partial charge in [-0.05, 0) is 31.0 Å². The van der Waals surface area contributed by atoms with Crippen LogP contribution in [-0.2, 0) is 11.3 Å². The van der Waals surface area contributed by atoms with Crippen LogP contribution in [0.15, 0.2) is 41.3 Å². The standard InChI is InChI=1S/C15H17N3O2/c1-10-4-3-5-11(2)15(10)17-13(19)9-18-8-12(16)6-7-14(18)20/h3-8H,9,16H2,1-2H3,(H,17,19). The molecule has 2 rings (SSSR count). The quantitative estimate of drug-likeness (QED) is 0.891. The summed E-state index contributed by atoms with van der Waals surface area (Å²) in [6, 6.07) is 8.65. The molecule has 0 spiro atoms. The lowest BCUT2D eigenvalue weighted by molar-refractivity contribution is -0.116. The van der Waals surface area contributed by atoms with Crippen LogP contribution in [0.3, 0.4) is 0 Å². The molecule has 5 heteroatoms. The smallest absolute Gasteiger partial charge is 0.251 e. The van der Waals surface area contributed by atoms with Gasteiger partial charge in [-0.15, -0.1) is 0 Å². The Morgan fingerprint density at radius 1 is 1.20 bits per heavy atom. The Balaban J connectivity index is 2.17. The highest BCUT2D eigenvalue weighted by Gasteiger charge is 2.08. The van der Waals surface area contributed by atoms with Crippen molar-refractivity contribution in [3.05, 3.63) is 58.0 Å². The number of benzene rings is 1. The number of nitrogens with zero attached hydrogens (tertiary/aromatic N) is 1. The molecule has 0 saturated heterocycles. The van der Waals surface area contributed by atoms with Crippen LogP contribution in [0.4, 0.5) is 11.4 Å². The Morgan fingerprint density at radius 2 is 1.85 bits per heavy atom. The van der Waals surface area contributed by atoms with Crippen molar-refractivity contribution in [2.75, 3.05) is 11.1 Å². The molecule has 0 aliphatic rings. The van der Waals surface area contributed by atoms with Gasteiger partial charge in [0.1, 0.15) is 6.54 Å². The van der Waals surface area contributed by atoms with E-state index < -0.39 is 0 Å². The van der Waals surface area contributed by atoms with Crippen molar-refractivity contribution in [3.63, 3.8) is 0 Å². The van der Waals surface area contributed by atoms with Gasteiger partial charge in [0.05, 0.1) is 0 Å². The van der Waals surface area contributed by atoms with Crippen molar-refractivity contribution in [3.8, 4) is 0 Å². The summed E-state index contributed by atoms with van der Waals surface area (Å²) in [7, 11) is 0. The van der Waals surface area contributed by atoms with Crippen LogP contribution in [0, 0.1) is 13.8 Å². The first-order valence-corrected chi connectivity index (χ1v) is 6.29. The number of rotatable bonds is 3. The van der Waals surface area contributed by atoms with Crippen LogP contribution in [-0.4, -0.2) is 10.5 Å². The zero-order chi connectivity index (χ0) is 14.7. The molecule has 0 saturated carbocycles. The lowest BCUT2D eigenvalue weighted by Gasteiger charge is -2.12. The van der Waals surface area contributed by atoms with Crippen molar-refractivity contribution < 1.29 is 4.79 Å². The lowest BCUT2D eigenvalue weighted by Crippen LogP contribution is -2.27. The summed E-state index contributed by atoms with van der Waals surface area (Å²) in [5, 5.41) is 2.83. The molecule has 1 aromatic carbocycles. The molecule has 5 nitrogen and oxygen atoms in total. The molecule has 104 valence electrons. The molecule has 0 atom stereocenters. The van der Waals surface area contributed by atoms with Crippen molar-refractivity contribution in [1.82, 2.24) is 4.57 Å². The van der Waals surface area contributed by atoms with Gasteiger partial charge in [-0.2, -0.15) is 0 Å². The Morgan fingerprint density at radius 3 is 2.50 bits per heavy atom. The number of pyridine rings is 1. The maximum atomic E-state index is 12.0. The van der Waals surface area contributed by atoms with Gasteiger partial charge in [0.25, 0.3) is 5.56 Å². The van der Waals surface area contributed by atoms with Crippen molar-refractivity contribution in [2.45, 2.75) is 20.4 Å². The number of nitrogen functional groups attached to an aromatic ring is 1. The maximum absolute atomic E-state index is 12.0. The van der Waals surface area contributed by atoms with Crippen LogP contribution in [0.25, 0.3) is 0 Å². The van der Waals surface area contributed by atoms with E-state index in [0.29, 0.717) is 5.69 Å². The highest BCUT2D eigenvalue weighted by Crippen LogP contribution is 2.19. The number of anilines is 2. The summed E-state index contributed by atoms with van der Waals surface area (Å²) < 4.78 is 1.29. The molecule has 0 aliphatic heterocycles. The fourth-order valence-corrected chi connectivity index (χ4v) is 2.02. The minimum Gasteiger partial charge on any atom is -0.398 e. The van der Waals surface area contributed by atoms with Crippen molar-refractivity contribution >= 4 is 17.3 Å². The summed E-state index contributed by atoms with van der Waals surface area (Å²) in [6.45, 7) is 3.79. The maximum Gasteiger partial charge on any atom is 0.251 e. The number of carbonyl (C=O) groups is 1. The Hall–Kier alpha value is -2.56. The third kappa shape index (κ3) is 3.06. The number of nitrogens with two attached hydrogens (primary N) is 1. The van der Waals surface area contributed by atoms with E-state index in [4.69, 9.17) is 5.73 Å². The molecule has 1 amide bonds. The van der Waals surface area contributed by atoms with E-state index in [-0.39, 0.29) is 18.0 Å². The lowest BCUT2D eigenvalue weighted by atomic mass is 10.1. The molecule has 3 N–H and O–H groups in total. The molecule has 0 fully saturated rings. The fourth-order valence-electron chi connectivity index (χ4n) is 2.02.